The van der Waals surface area contributed by atoms with Gasteiger partial charge < -0.3 is 5.73 Å². The molecule has 0 aromatic rings. The van der Waals surface area contributed by atoms with Gasteiger partial charge in [-0.05, 0) is 18.8 Å². The highest BCUT2D eigenvalue weighted by molar-refractivity contribution is 7.92. The first kappa shape index (κ1) is 12.0. The van der Waals surface area contributed by atoms with E-state index in [-0.39, 0.29) is 11.3 Å². The van der Waals surface area contributed by atoms with Gasteiger partial charge in [-0.3, -0.25) is 0 Å². The van der Waals surface area contributed by atoms with Crippen molar-refractivity contribution in [3.8, 4) is 0 Å². The van der Waals surface area contributed by atoms with Crippen molar-refractivity contribution in [3.05, 3.63) is 0 Å². The molecule has 3 atom stereocenters. The zero-order chi connectivity index (χ0) is 10.8. The lowest BCUT2D eigenvalue weighted by Gasteiger charge is -2.30. The smallest absolute Gasteiger partial charge is 0.154 e. The van der Waals surface area contributed by atoms with Gasteiger partial charge in [0.2, 0.25) is 0 Å². The van der Waals surface area contributed by atoms with Crippen LogP contribution in [0.1, 0.15) is 39.5 Å². The summed E-state index contributed by atoms with van der Waals surface area (Å²) >= 11 is 0. The van der Waals surface area contributed by atoms with E-state index in [2.05, 4.69) is 6.92 Å². The van der Waals surface area contributed by atoms with E-state index in [1.807, 2.05) is 6.92 Å². The lowest BCUT2D eigenvalue weighted by Crippen LogP contribution is -2.47. The van der Waals surface area contributed by atoms with E-state index >= 15 is 0 Å². The number of hydrogen-bond donors (Lipinski definition) is 1. The molecule has 1 aliphatic heterocycles. The van der Waals surface area contributed by atoms with Crippen LogP contribution in [-0.2, 0) is 9.84 Å². The molecule has 1 fully saturated rings. The van der Waals surface area contributed by atoms with Crippen molar-refractivity contribution in [2.45, 2.75) is 50.8 Å². The van der Waals surface area contributed by atoms with E-state index < -0.39 is 9.84 Å². The van der Waals surface area contributed by atoms with Gasteiger partial charge in [0, 0.05) is 6.04 Å². The highest BCUT2D eigenvalue weighted by Crippen LogP contribution is 2.25. The summed E-state index contributed by atoms with van der Waals surface area (Å²) in [5, 5.41) is -0.286. The highest BCUT2D eigenvalue weighted by Gasteiger charge is 2.35. The van der Waals surface area contributed by atoms with Gasteiger partial charge in [-0.1, -0.05) is 26.7 Å². The predicted molar refractivity (Wildman–Crippen MR) is 58.9 cm³/mol. The first-order valence-corrected chi connectivity index (χ1v) is 7.17. The lowest BCUT2D eigenvalue weighted by molar-refractivity contribution is 0.394. The van der Waals surface area contributed by atoms with Gasteiger partial charge in [-0.25, -0.2) is 8.42 Å². The molecule has 14 heavy (non-hydrogen) atoms. The minimum Gasteiger partial charge on any atom is -0.326 e. The Morgan fingerprint density at radius 1 is 1.43 bits per heavy atom. The average Bonchev–Trinajstić information content (AvgIpc) is 2.15. The SMILES string of the molecule is CCC(C)C(N)C1CCCCS1(=O)=O. The van der Waals surface area contributed by atoms with Gasteiger partial charge in [0.25, 0.3) is 0 Å². The third kappa shape index (κ3) is 2.48. The highest BCUT2D eigenvalue weighted by atomic mass is 32.2. The fraction of sp³-hybridized carbons (Fsp3) is 1.00. The van der Waals surface area contributed by atoms with Crippen molar-refractivity contribution in [2.24, 2.45) is 11.7 Å². The molecule has 0 aliphatic carbocycles. The fourth-order valence-corrected chi connectivity index (χ4v) is 4.23. The predicted octanol–water partition coefficient (Wildman–Crippen LogP) is 1.33. The maximum atomic E-state index is 11.8. The van der Waals surface area contributed by atoms with Gasteiger partial charge in [0.1, 0.15) is 0 Å². The summed E-state index contributed by atoms with van der Waals surface area (Å²) in [4.78, 5) is 0. The molecule has 1 saturated heterocycles. The molecule has 0 bridgehead atoms. The summed E-state index contributed by atoms with van der Waals surface area (Å²) in [5.41, 5.74) is 6.00. The van der Waals surface area contributed by atoms with E-state index in [4.69, 9.17) is 5.73 Å². The Balaban J connectivity index is 2.74. The second kappa shape index (κ2) is 4.62. The van der Waals surface area contributed by atoms with E-state index in [0.29, 0.717) is 11.7 Å². The third-order valence-electron chi connectivity index (χ3n) is 3.36. The van der Waals surface area contributed by atoms with Gasteiger partial charge in [-0.2, -0.15) is 0 Å². The van der Waals surface area contributed by atoms with Crippen LogP contribution in [0.25, 0.3) is 0 Å². The van der Waals surface area contributed by atoms with Crippen LogP contribution in [0, 0.1) is 5.92 Å². The zero-order valence-electron chi connectivity index (χ0n) is 9.07. The van der Waals surface area contributed by atoms with Crippen LogP contribution in [-0.4, -0.2) is 25.5 Å². The molecule has 0 aromatic carbocycles. The molecular weight excluding hydrogens is 198 g/mol. The number of nitrogens with two attached hydrogens (primary N) is 1. The summed E-state index contributed by atoms with van der Waals surface area (Å²) < 4.78 is 23.5. The average molecular weight is 219 g/mol. The molecule has 1 heterocycles. The summed E-state index contributed by atoms with van der Waals surface area (Å²) in [5.74, 6) is 0.634. The van der Waals surface area contributed by atoms with Gasteiger partial charge >= 0.3 is 0 Å². The van der Waals surface area contributed by atoms with E-state index in [1.54, 1.807) is 0 Å². The standard InChI is InChI=1S/C10H21NO2S/c1-3-8(2)10(11)9-6-4-5-7-14(9,12)13/h8-10H,3-7,11H2,1-2H3. The Morgan fingerprint density at radius 3 is 2.57 bits per heavy atom. The number of sulfone groups is 1. The van der Waals surface area contributed by atoms with Gasteiger partial charge in [0.05, 0.1) is 11.0 Å². The maximum absolute atomic E-state index is 11.8. The molecule has 84 valence electrons. The normalized spacial score (nSPS) is 30.9. The number of hydrogen-bond acceptors (Lipinski definition) is 3. The molecular formula is C10H21NO2S. The monoisotopic (exact) mass is 219 g/mol. The van der Waals surface area contributed by atoms with Crippen molar-refractivity contribution < 1.29 is 8.42 Å². The van der Waals surface area contributed by atoms with Crippen molar-refractivity contribution in [1.82, 2.24) is 0 Å². The Morgan fingerprint density at radius 2 is 2.07 bits per heavy atom. The Kier molecular flexibility index (Phi) is 3.95. The van der Waals surface area contributed by atoms with E-state index in [0.717, 1.165) is 25.7 Å². The zero-order valence-corrected chi connectivity index (χ0v) is 9.89. The molecule has 1 aliphatic rings. The van der Waals surface area contributed by atoms with Gasteiger partial charge in [-0.15, -0.1) is 0 Å². The van der Waals surface area contributed by atoms with Crippen LogP contribution in [0.5, 0.6) is 0 Å². The summed E-state index contributed by atoms with van der Waals surface area (Å²) in [7, 11) is -2.90. The molecule has 0 spiro atoms. The Bertz CT molecular complexity index is 274. The molecule has 3 unspecified atom stereocenters. The molecule has 4 heteroatoms. The number of rotatable bonds is 3. The van der Waals surface area contributed by atoms with Crippen molar-refractivity contribution in [3.63, 3.8) is 0 Å². The molecule has 2 N–H and O–H groups in total. The van der Waals surface area contributed by atoms with Gasteiger partial charge in [0.15, 0.2) is 9.84 Å². The summed E-state index contributed by atoms with van der Waals surface area (Å²) in [6.45, 7) is 4.09. The molecule has 0 radical (unpaired) electrons. The van der Waals surface area contributed by atoms with Crippen LogP contribution in [0.4, 0.5) is 0 Å². The van der Waals surface area contributed by atoms with Crippen molar-refractivity contribution >= 4 is 9.84 Å². The second-order valence-electron chi connectivity index (χ2n) is 4.36. The van der Waals surface area contributed by atoms with Crippen molar-refractivity contribution in [2.75, 3.05) is 5.75 Å². The van der Waals surface area contributed by atoms with E-state index in [9.17, 15) is 8.42 Å². The molecule has 0 amide bonds. The molecule has 1 rings (SSSR count). The Labute approximate surface area is 87.0 Å². The maximum Gasteiger partial charge on any atom is 0.154 e. The molecule has 0 saturated carbocycles. The minimum atomic E-state index is -2.90. The van der Waals surface area contributed by atoms with E-state index in [1.165, 1.54) is 0 Å². The first-order chi connectivity index (χ1) is 6.49. The quantitative estimate of drug-likeness (QED) is 0.779. The first-order valence-electron chi connectivity index (χ1n) is 5.46. The third-order valence-corrected chi connectivity index (χ3v) is 5.69. The van der Waals surface area contributed by atoms with Crippen LogP contribution in [0.2, 0.25) is 0 Å². The van der Waals surface area contributed by atoms with Crippen LogP contribution >= 0.6 is 0 Å². The molecule has 0 aromatic heterocycles. The lowest BCUT2D eigenvalue weighted by atomic mass is 9.94. The van der Waals surface area contributed by atoms with Crippen molar-refractivity contribution in [1.29, 1.82) is 0 Å². The second-order valence-corrected chi connectivity index (χ2v) is 6.70. The van der Waals surface area contributed by atoms with Crippen LogP contribution in [0.15, 0.2) is 0 Å². The van der Waals surface area contributed by atoms with Crippen LogP contribution < -0.4 is 5.73 Å². The topological polar surface area (TPSA) is 60.2 Å². The largest absolute Gasteiger partial charge is 0.326 e. The summed E-state index contributed by atoms with van der Waals surface area (Å²) in [6.07, 6.45) is 3.53. The minimum absolute atomic E-state index is 0.176. The molecule has 3 nitrogen and oxygen atoms in total. The Hall–Kier alpha value is -0.0900. The fourth-order valence-electron chi connectivity index (χ4n) is 2.05. The summed E-state index contributed by atoms with van der Waals surface area (Å²) in [6, 6.07) is -0.176. The van der Waals surface area contributed by atoms with Crippen LogP contribution in [0.3, 0.4) is 0 Å².